The number of hydrogen-bond acceptors (Lipinski definition) is 6. The van der Waals surface area contributed by atoms with Crippen LogP contribution in [0, 0.1) is 0 Å². The molecule has 21 heavy (non-hydrogen) atoms. The molecule has 6 nitrogen and oxygen atoms in total. The standard InChI is InChI=1S/C12H11ClN2O4S2/c1-19-12(16)11-10(4-5-20-11)15-21(17,18)7-2-3-8(13)9(14)6-7/h2-6,15H,14H2,1H3. The summed E-state index contributed by atoms with van der Waals surface area (Å²) < 4.78 is 31.5. The second kappa shape index (κ2) is 5.92. The number of nitrogen functional groups attached to an aromatic ring is 1. The van der Waals surface area contributed by atoms with Gasteiger partial charge in [-0.25, -0.2) is 13.2 Å². The maximum Gasteiger partial charge on any atom is 0.350 e. The fourth-order valence-electron chi connectivity index (χ4n) is 1.53. The zero-order valence-corrected chi connectivity index (χ0v) is 13.2. The highest BCUT2D eigenvalue weighted by atomic mass is 35.5. The molecule has 0 amide bonds. The van der Waals surface area contributed by atoms with Crippen LogP contribution in [-0.2, 0) is 14.8 Å². The van der Waals surface area contributed by atoms with Crippen molar-refractivity contribution in [2.45, 2.75) is 4.90 Å². The van der Waals surface area contributed by atoms with Crippen LogP contribution in [0.4, 0.5) is 11.4 Å². The highest BCUT2D eigenvalue weighted by Crippen LogP contribution is 2.27. The van der Waals surface area contributed by atoms with Gasteiger partial charge < -0.3 is 10.5 Å². The van der Waals surface area contributed by atoms with Gasteiger partial charge >= 0.3 is 5.97 Å². The van der Waals surface area contributed by atoms with Crippen molar-refractivity contribution in [3.63, 3.8) is 0 Å². The Bertz CT molecular complexity index is 786. The highest BCUT2D eigenvalue weighted by molar-refractivity contribution is 7.92. The summed E-state index contributed by atoms with van der Waals surface area (Å²) in [5, 5.41) is 1.85. The van der Waals surface area contributed by atoms with E-state index >= 15 is 0 Å². The molecule has 0 fully saturated rings. The van der Waals surface area contributed by atoms with E-state index in [1.165, 1.54) is 31.4 Å². The lowest BCUT2D eigenvalue weighted by molar-refractivity contribution is 0.0607. The van der Waals surface area contributed by atoms with Crippen LogP contribution in [0.2, 0.25) is 5.02 Å². The van der Waals surface area contributed by atoms with Crippen LogP contribution in [-0.4, -0.2) is 21.5 Å². The first-order valence-electron chi connectivity index (χ1n) is 5.59. The number of halogens is 1. The fraction of sp³-hybridized carbons (Fsp3) is 0.0833. The minimum absolute atomic E-state index is 0.0496. The summed E-state index contributed by atoms with van der Waals surface area (Å²) in [6.07, 6.45) is 0. The monoisotopic (exact) mass is 346 g/mol. The lowest BCUT2D eigenvalue weighted by Crippen LogP contribution is -2.15. The number of methoxy groups -OCH3 is 1. The van der Waals surface area contributed by atoms with Gasteiger partial charge in [-0.05, 0) is 29.6 Å². The molecule has 9 heteroatoms. The Balaban J connectivity index is 2.36. The predicted octanol–water partition coefficient (Wildman–Crippen LogP) is 2.57. The van der Waals surface area contributed by atoms with Crippen molar-refractivity contribution in [3.05, 3.63) is 39.5 Å². The third kappa shape index (κ3) is 3.29. The number of hydrogen-bond donors (Lipinski definition) is 2. The van der Waals surface area contributed by atoms with Crippen molar-refractivity contribution >= 4 is 50.3 Å². The van der Waals surface area contributed by atoms with E-state index in [0.29, 0.717) is 0 Å². The number of sulfonamides is 1. The number of carbonyl (C=O) groups is 1. The summed E-state index contributed by atoms with van der Waals surface area (Å²) in [6, 6.07) is 5.44. The Hall–Kier alpha value is -1.77. The minimum Gasteiger partial charge on any atom is -0.465 e. The molecule has 112 valence electrons. The molecule has 0 atom stereocenters. The normalized spacial score (nSPS) is 11.1. The molecule has 3 N–H and O–H groups in total. The van der Waals surface area contributed by atoms with Gasteiger partial charge in [0.05, 0.1) is 28.4 Å². The molecule has 2 rings (SSSR count). The molecule has 0 aliphatic heterocycles. The van der Waals surface area contributed by atoms with Crippen LogP contribution in [0.1, 0.15) is 9.67 Å². The average Bonchev–Trinajstić information content (AvgIpc) is 2.88. The van der Waals surface area contributed by atoms with Gasteiger partial charge in [0.25, 0.3) is 10.0 Å². The third-order valence-electron chi connectivity index (χ3n) is 2.56. The number of benzene rings is 1. The molecule has 0 saturated carbocycles. The number of esters is 1. The van der Waals surface area contributed by atoms with E-state index in [1.807, 2.05) is 0 Å². The zero-order valence-electron chi connectivity index (χ0n) is 10.8. The van der Waals surface area contributed by atoms with Gasteiger partial charge in [0.1, 0.15) is 4.88 Å². The number of nitrogens with one attached hydrogen (secondary N) is 1. The first kappa shape index (κ1) is 15.6. The number of thiophene rings is 1. The molecule has 0 radical (unpaired) electrons. The summed E-state index contributed by atoms with van der Waals surface area (Å²) >= 11 is 6.84. The topological polar surface area (TPSA) is 98.5 Å². The van der Waals surface area contributed by atoms with Gasteiger partial charge in [-0.2, -0.15) is 0 Å². The van der Waals surface area contributed by atoms with E-state index in [2.05, 4.69) is 9.46 Å². The Morgan fingerprint density at radius 2 is 2.10 bits per heavy atom. The summed E-state index contributed by atoms with van der Waals surface area (Å²) in [7, 11) is -2.65. The van der Waals surface area contributed by atoms with Gasteiger partial charge in [-0.1, -0.05) is 11.6 Å². The zero-order chi connectivity index (χ0) is 15.6. The van der Waals surface area contributed by atoms with E-state index < -0.39 is 16.0 Å². The van der Waals surface area contributed by atoms with Crippen LogP contribution in [0.3, 0.4) is 0 Å². The molecule has 0 spiro atoms. The maximum atomic E-state index is 12.3. The van der Waals surface area contributed by atoms with Crippen LogP contribution < -0.4 is 10.5 Å². The van der Waals surface area contributed by atoms with Crippen molar-refractivity contribution < 1.29 is 17.9 Å². The fourth-order valence-corrected chi connectivity index (χ4v) is 3.59. The Kier molecular flexibility index (Phi) is 4.40. The van der Waals surface area contributed by atoms with E-state index in [4.69, 9.17) is 17.3 Å². The smallest absolute Gasteiger partial charge is 0.350 e. The van der Waals surface area contributed by atoms with Gasteiger partial charge in [0.15, 0.2) is 0 Å². The van der Waals surface area contributed by atoms with Gasteiger partial charge in [-0.3, -0.25) is 4.72 Å². The quantitative estimate of drug-likeness (QED) is 0.654. The molecule has 1 aromatic heterocycles. The van der Waals surface area contributed by atoms with E-state index in [1.54, 1.807) is 5.38 Å². The molecule has 0 aliphatic rings. The molecule has 0 bridgehead atoms. The lowest BCUT2D eigenvalue weighted by Gasteiger charge is -2.09. The van der Waals surface area contributed by atoms with Gasteiger partial charge in [-0.15, -0.1) is 11.3 Å². The van der Waals surface area contributed by atoms with E-state index in [9.17, 15) is 13.2 Å². The molecule has 0 saturated heterocycles. The molecule has 0 unspecified atom stereocenters. The number of anilines is 2. The van der Waals surface area contributed by atoms with Crippen molar-refractivity contribution in [1.29, 1.82) is 0 Å². The molecular formula is C12H11ClN2O4S2. The van der Waals surface area contributed by atoms with Crippen LogP contribution in [0.5, 0.6) is 0 Å². The predicted molar refractivity (Wildman–Crippen MR) is 82.3 cm³/mol. The molecule has 1 heterocycles. The number of ether oxygens (including phenoxy) is 1. The summed E-state index contributed by atoms with van der Waals surface area (Å²) in [4.78, 5) is 11.7. The van der Waals surface area contributed by atoms with Crippen LogP contribution in [0.15, 0.2) is 34.5 Å². The van der Waals surface area contributed by atoms with Crippen molar-refractivity contribution in [1.82, 2.24) is 0 Å². The van der Waals surface area contributed by atoms with E-state index in [0.717, 1.165) is 11.3 Å². The SMILES string of the molecule is COC(=O)c1sccc1NS(=O)(=O)c1ccc(Cl)c(N)c1. The number of nitrogens with two attached hydrogens (primary N) is 1. The summed E-state index contributed by atoms with van der Waals surface area (Å²) in [5.41, 5.74) is 5.90. The Morgan fingerprint density at radius 1 is 1.38 bits per heavy atom. The largest absolute Gasteiger partial charge is 0.465 e. The van der Waals surface area contributed by atoms with Crippen molar-refractivity contribution in [2.75, 3.05) is 17.6 Å². The van der Waals surface area contributed by atoms with Crippen molar-refractivity contribution in [3.8, 4) is 0 Å². The average molecular weight is 347 g/mol. The molecular weight excluding hydrogens is 336 g/mol. The number of carbonyl (C=O) groups excluding carboxylic acids is 1. The first-order chi connectivity index (χ1) is 9.85. The van der Waals surface area contributed by atoms with E-state index in [-0.39, 0.29) is 26.2 Å². The molecule has 0 aliphatic carbocycles. The maximum absolute atomic E-state index is 12.3. The Labute approximate surface area is 130 Å². The molecule has 2 aromatic rings. The highest BCUT2D eigenvalue weighted by Gasteiger charge is 2.20. The summed E-state index contributed by atoms with van der Waals surface area (Å²) in [5.74, 6) is -0.613. The Morgan fingerprint density at radius 3 is 2.71 bits per heavy atom. The van der Waals surface area contributed by atoms with Crippen LogP contribution in [0.25, 0.3) is 0 Å². The second-order valence-corrected chi connectivity index (χ2v) is 6.95. The minimum atomic E-state index is -3.88. The van der Waals surface area contributed by atoms with Crippen LogP contribution >= 0.6 is 22.9 Å². The summed E-state index contributed by atoms with van der Waals surface area (Å²) in [6.45, 7) is 0. The van der Waals surface area contributed by atoms with Crippen molar-refractivity contribution in [2.24, 2.45) is 0 Å². The van der Waals surface area contributed by atoms with Gasteiger partial charge in [0.2, 0.25) is 0 Å². The lowest BCUT2D eigenvalue weighted by atomic mass is 10.3. The first-order valence-corrected chi connectivity index (χ1v) is 8.33. The number of rotatable bonds is 4. The third-order valence-corrected chi connectivity index (χ3v) is 5.16. The molecule has 1 aromatic carbocycles. The second-order valence-electron chi connectivity index (χ2n) is 3.94. The van der Waals surface area contributed by atoms with Gasteiger partial charge in [0, 0.05) is 0 Å².